The van der Waals surface area contributed by atoms with Crippen molar-refractivity contribution in [1.29, 1.82) is 0 Å². The predicted molar refractivity (Wildman–Crippen MR) is 68.1 cm³/mol. The molecular weight excluding hydrogens is 229 g/mol. The molecule has 0 saturated heterocycles. The van der Waals surface area contributed by atoms with E-state index in [0.29, 0.717) is 21.9 Å². The monoisotopic (exact) mass is 239 g/mol. The van der Waals surface area contributed by atoms with E-state index in [4.69, 9.17) is 0 Å². The van der Waals surface area contributed by atoms with Crippen molar-refractivity contribution in [3.8, 4) is 0 Å². The third-order valence-electron chi connectivity index (χ3n) is 2.98. The highest BCUT2D eigenvalue weighted by molar-refractivity contribution is 6.16. The maximum absolute atomic E-state index is 13.7. The van der Waals surface area contributed by atoms with Crippen LogP contribution in [0.15, 0.2) is 54.9 Å². The number of halogens is 1. The zero-order valence-corrected chi connectivity index (χ0v) is 9.48. The van der Waals surface area contributed by atoms with Gasteiger partial charge in [-0.25, -0.2) is 4.39 Å². The molecule has 0 atom stereocenters. The summed E-state index contributed by atoms with van der Waals surface area (Å²) in [6.45, 7) is 0. The Kier molecular flexibility index (Phi) is 2.45. The highest BCUT2D eigenvalue weighted by Gasteiger charge is 2.14. The molecule has 2 nitrogen and oxygen atoms in total. The molecule has 1 N–H and O–H groups in total. The zero-order chi connectivity index (χ0) is 12.5. The fourth-order valence-corrected chi connectivity index (χ4v) is 2.08. The minimum Gasteiger partial charge on any atom is -0.367 e. The molecule has 0 fully saturated rings. The summed E-state index contributed by atoms with van der Waals surface area (Å²) < 4.78 is 13.7. The van der Waals surface area contributed by atoms with Gasteiger partial charge in [-0.2, -0.15) is 0 Å². The molecule has 0 saturated carbocycles. The number of carbonyl (C=O) groups is 1. The standard InChI is InChI=1S/C15H10FNO/c16-14-6-5-13(11-3-1-2-4-12(11)14)15(18)10-7-8-17-9-10/h1-9,17H. The van der Waals surface area contributed by atoms with E-state index in [0.717, 1.165) is 0 Å². The quantitative estimate of drug-likeness (QED) is 0.682. The molecule has 18 heavy (non-hydrogen) atoms. The van der Waals surface area contributed by atoms with E-state index in [1.807, 2.05) is 0 Å². The van der Waals surface area contributed by atoms with Gasteiger partial charge in [0.1, 0.15) is 5.82 Å². The number of carbonyl (C=O) groups excluding carboxylic acids is 1. The van der Waals surface area contributed by atoms with Gasteiger partial charge in [0, 0.05) is 28.9 Å². The lowest BCUT2D eigenvalue weighted by Crippen LogP contribution is -2.01. The van der Waals surface area contributed by atoms with Crippen LogP contribution in [0.4, 0.5) is 4.39 Å². The minimum absolute atomic E-state index is 0.104. The fraction of sp³-hybridized carbons (Fsp3) is 0. The van der Waals surface area contributed by atoms with Gasteiger partial charge in [0.2, 0.25) is 0 Å². The van der Waals surface area contributed by atoms with E-state index in [2.05, 4.69) is 4.98 Å². The lowest BCUT2D eigenvalue weighted by Gasteiger charge is -2.05. The van der Waals surface area contributed by atoms with Crippen LogP contribution in [-0.2, 0) is 0 Å². The van der Waals surface area contributed by atoms with Crippen molar-refractivity contribution in [3.63, 3.8) is 0 Å². The van der Waals surface area contributed by atoms with Crippen LogP contribution in [0.5, 0.6) is 0 Å². The van der Waals surface area contributed by atoms with Gasteiger partial charge in [0.05, 0.1) is 0 Å². The number of fused-ring (bicyclic) bond motifs is 1. The smallest absolute Gasteiger partial charge is 0.195 e. The lowest BCUT2D eigenvalue weighted by atomic mass is 9.98. The van der Waals surface area contributed by atoms with E-state index in [1.165, 1.54) is 12.1 Å². The number of ketones is 1. The number of aromatic amines is 1. The summed E-state index contributed by atoms with van der Waals surface area (Å²) in [5, 5.41) is 1.11. The Balaban J connectivity index is 2.25. The van der Waals surface area contributed by atoms with Crippen LogP contribution in [0.2, 0.25) is 0 Å². The molecule has 0 aliphatic heterocycles. The van der Waals surface area contributed by atoms with Crippen molar-refractivity contribution in [1.82, 2.24) is 4.98 Å². The van der Waals surface area contributed by atoms with Crippen molar-refractivity contribution in [2.75, 3.05) is 0 Å². The van der Waals surface area contributed by atoms with E-state index in [1.54, 1.807) is 42.7 Å². The average Bonchev–Trinajstić information content (AvgIpc) is 2.93. The molecule has 0 spiro atoms. The Bertz CT molecular complexity index is 716. The Morgan fingerprint density at radius 1 is 1.00 bits per heavy atom. The van der Waals surface area contributed by atoms with Gasteiger partial charge in [-0.05, 0) is 23.6 Å². The van der Waals surface area contributed by atoms with Gasteiger partial charge in [0.15, 0.2) is 5.78 Å². The molecule has 2 aromatic carbocycles. The molecule has 3 rings (SSSR count). The first-order valence-electron chi connectivity index (χ1n) is 5.62. The largest absolute Gasteiger partial charge is 0.367 e. The summed E-state index contributed by atoms with van der Waals surface area (Å²) in [6.07, 6.45) is 3.33. The van der Waals surface area contributed by atoms with Crippen LogP contribution < -0.4 is 0 Å². The fourth-order valence-electron chi connectivity index (χ4n) is 2.08. The van der Waals surface area contributed by atoms with Crippen molar-refractivity contribution < 1.29 is 9.18 Å². The number of aromatic nitrogens is 1. The Labute approximate surface area is 103 Å². The molecule has 1 aromatic heterocycles. The number of rotatable bonds is 2. The predicted octanol–water partition coefficient (Wildman–Crippen LogP) is 3.54. The lowest BCUT2D eigenvalue weighted by molar-refractivity contribution is 0.104. The molecule has 0 amide bonds. The Hall–Kier alpha value is -2.42. The van der Waals surface area contributed by atoms with Gasteiger partial charge >= 0.3 is 0 Å². The second kappa shape index (κ2) is 4.11. The number of benzene rings is 2. The molecular formula is C15H10FNO. The zero-order valence-electron chi connectivity index (χ0n) is 9.48. The maximum Gasteiger partial charge on any atom is 0.195 e. The first-order valence-corrected chi connectivity index (χ1v) is 5.62. The molecule has 0 radical (unpaired) electrons. The maximum atomic E-state index is 13.7. The number of hydrogen-bond donors (Lipinski definition) is 1. The second-order valence-corrected chi connectivity index (χ2v) is 4.07. The van der Waals surface area contributed by atoms with E-state index in [-0.39, 0.29) is 11.6 Å². The summed E-state index contributed by atoms with van der Waals surface area (Å²) in [5.74, 6) is -0.413. The number of H-pyrrole nitrogens is 1. The van der Waals surface area contributed by atoms with Gasteiger partial charge in [-0.1, -0.05) is 24.3 Å². The molecule has 0 aliphatic carbocycles. The Morgan fingerprint density at radius 2 is 1.78 bits per heavy atom. The van der Waals surface area contributed by atoms with E-state index >= 15 is 0 Å². The van der Waals surface area contributed by atoms with Crippen molar-refractivity contribution in [3.05, 3.63) is 71.8 Å². The van der Waals surface area contributed by atoms with Gasteiger partial charge in [-0.3, -0.25) is 4.79 Å². The first-order chi connectivity index (χ1) is 8.77. The third-order valence-corrected chi connectivity index (χ3v) is 2.98. The van der Waals surface area contributed by atoms with Gasteiger partial charge < -0.3 is 4.98 Å². The molecule has 3 aromatic rings. The highest BCUT2D eigenvalue weighted by Crippen LogP contribution is 2.23. The van der Waals surface area contributed by atoms with Gasteiger partial charge in [-0.15, -0.1) is 0 Å². The number of hydrogen-bond acceptors (Lipinski definition) is 1. The van der Waals surface area contributed by atoms with Crippen LogP contribution >= 0.6 is 0 Å². The molecule has 0 unspecified atom stereocenters. The molecule has 0 bridgehead atoms. The van der Waals surface area contributed by atoms with Crippen LogP contribution in [0.1, 0.15) is 15.9 Å². The van der Waals surface area contributed by atoms with E-state index in [9.17, 15) is 9.18 Å². The normalized spacial score (nSPS) is 10.7. The van der Waals surface area contributed by atoms with Crippen LogP contribution in [0.25, 0.3) is 10.8 Å². The Morgan fingerprint density at radius 3 is 2.50 bits per heavy atom. The summed E-state index contributed by atoms with van der Waals surface area (Å²) in [6, 6.07) is 11.6. The summed E-state index contributed by atoms with van der Waals surface area (Å²) in [7, 11) is 0. The van der Waals surface area contributed by atoms with E-state index < -0.39 is 0 Å². The van der Waals surface area contributed by atoms with Crippen molar-refractivity contribution in [2.24, 2.45) is 0 Å². The SMILES string of the molecule is O=C(c1cc[nH]c1)c1ccc(F)c2ccccc12. The second-order valence-electron chi connectivity index (χ2n) is 4.07. The highest BCUT2D eigenvalue weighted by atomic mass is 19.1. The summed E-state index contributed by atoms with van der Waals surface area (Å²) >= 11 is 0. The molecule has 0 aliphatic rings. The van der Waals surface area contributed by atoms with Crippen LogP contribution in [-0.4, -0.2) is 10.8 Å². The molecule has 1 heterocycles. The van der Waals surface area contributed by atoms with Crippen molar-refractivity contribution in [2.45, 2.75) is 0 Å². The number of nitrogens with one attached hydrogen (secondary N) is 1. The summed E-state index contributed by atoms with van der Waals surface area (Å²) in [5.41, 5.74) is 1.10. The molecule has 88 valence electrons. The minimum atomic E-state index is -0.309. The average molecular weight is 239 g/mol. The third kappa shape index (κ3) is 1.61. The van der Waals surface area contributed by atoms with Crippen molar-refractivity contribution >= 4 is 16.6 Å². The van der Waals surface area contributed by atoms with Gasteiger partial charge in [0.25, 0.3) is 0 Å². The molecule has 3 heteroatoms. The topological polar surface area (TPSA) is 32.9 Å². The first kappa shape index (κ1) is 10.7. The summed E-state index contributed by atoms with van der Waals surface area (Å²) in [4.78, 5) is 15.1. The van der Waals surface area contributed by atoms with Crippen LogP contribution in [0.3, 0.4) is 0 Å². The van der Waals surface area contributed by atoms with Crippen LogP contribution in [0, 0.1) is 5.82 Å².